The smallest absolute Gasteiger partial charge is 0.213 e. The molecule has 17 heavy (non-hydrogen) atoms. The standard InChI is InChI=1S/C12H18N4O/c1-16(10-6-7-10)12(13)14-8-9-4-3-5-11(15-9)17-2/h3-5,10H,6-8H2,1-2H3,(H2,13,14). The van der Waals surface area contributed by atoms with Crippen molar-refractivity contribution in [1.29, 1.82) is 0 Å². The molecule has 5 nitrogen and oxygen atoms in total. The van der Waals surface area contributed by atoms with Crippen molar-refractivity contribution < 1.29 is 4.74 Å². The number of guanidine groups is 1. The van der Waals surface area contributed by atoms with Crippen LogP contribution in [0.3, 0.4) is 0 Å². The van der Waals surface area contributed by atoms with Gasteiger partial charge in [-0.3, -0.25) is 0 Å². The molecule has 1 aliphatic rings. The molecule has 1 aromatic heterocycles. The summed E-state index contributed by atoms with van der Waals surface area (Å²) in [5.74, 6) is 1.18. The van der Waals surface area contributed by atoms with Crippen LogP contribution < -0.4 is 10.5 Å². The predicted octanol–water partition coefficient (Wildman–Crippen LogP) is 0.999. The zero-order chi connectivity index (χ0) is 12.3. The molecule has 2 N–H and O–H groups in total. The van der Waals surface area contributed by atoms with Crippen LogP contribution in [-0.2, 0) is 6.54 Å². The average molecular weight is 234 g/mol. The topological polar surface area (TPSA) is 63.7 Å². The number of aliphatic imine (C=N–C) groups is 1. The third-order valence-electron chi connectivity index (χ3n) is 2.85. The van der Waals surface area contributed by atoms with Crippen LogP contribution in [-0.4, -0.2) is 36.0 Å². The molecule has 1 aromatic rings. The highest BCUT2D eigenvalue weighted by atomic mass is 16.5. The van der Waals surface area contributed by atoms with Crippen molar-refractivity contribution >= 4 is 5.96 Å². The molecule has 0 saturated heterocycles. The van der Waals surface area contributed by atoms with Crippen molar-refractivity contribution in [3.8, 4) is 5.88 Å². The summed E-state index contributed by atoms with van der Waals surface area (Å²) in [6.07, 6.45) is 2.42. The van der Waals surface area contributed by atoms with Gasteiger partial charge in [0.05, 0.1) is 19.3 Å². The first kappa shape index (κ1) is 11.7. The minimum Gasteiger partial charge on any atom is -0.481 e. The van der Waals surface area contributed by atoms with E-state index in [0.717, 1.165) is 5.69 Å². The second kappa shape index (κ2) is 5.03. The molecule has 0 unspecified atom stereocenters. The molecule has 1 aliphatic carbocycles. The first-order valence-corrected chi connectivity index (χ1v) is 5.73. The van der Waals surface area contributed by atoms with Gasteiger partial charge in [-0.25, -0.2) is 9.98 Å². The maximum absolute atomic E-state index is 5.89. The molecule has 2 rings (SSSR count). The quantitative estimate of drug-likeness (QED) is 0.623. The molecule has 0 aromatic carbocycles. The van der Waals surface area contributed by atoms with Gasteiger partial charge in [-0.1, -0.05) is 6.07 Å². The molecule has 5 heteroatoms. The van der Waals surface area contributed by atoms with Gasteiger partial charge in [0.25, 0.3) is 0 Å². The number of methoxy groups -OCH3 is 1. The van der Waals surface area contributed by atoms with Crippen molar-refractivity contribution in [2.45, 2.75) is 25.4 Å². The first-order valence-electron chi connectivity index (χ1n) is 5.73. The summed E-state index contributed by atoms with van der Waals surface area (Å²) in [5.41, 5.74) is 6.75. The Bertz CT molecular complexity index is 415. The molecule has 1 fully saturated rings. The minimum atomic E-state index is 0.486. The fourth-order valence-corrected chi connectivity index (χ4v) is 1.58. The van der Waals surface area contributed by atoms with Crippen molar-refractivity contribution in [2.24, 2.45) is 10.7 Å². The normalized spacial score (nSPS) is 15.8. The molecular weight excluding hydrogens is 216 g/mol. The fraction of sp³-hybridized carbons (Fsp3) is 0.500. The van der Waals surface area contributed by atoms with Crippen LogP contribution in [0, 0.1) is 0 Å². The summed E-state index contributed by atoms with van der Waals surface area (Å²) in [6, 6.07) is 6.21. The Labute approximate surface area is 101 Å². The van der Waals surface area contributed by atoms with E-state index < -0.39 is 0 Å². The lowest BCUT2D eigenvalue weighted by atomic mass is 10.3. The lowest BCUT2D eigenvalue weighted by Crippen LogP contribution is -2.35. The molecule has 0 spiro atoms. The highest BCUT2D eigenvalue weighted by Crippen LogP contribution is 2.24. The maximum Gasteiger partial charge on any atom is 0.213 e. The Hall–Kier alpha value is -1.78. The third-order valence-corrected chi connectivity index (χ3v) is 2.85. The average Bonchev–Trinajstić information content (AvgIpc) is 3.19. The second-order valence-corrected chi connectivity index (χ2v) is 4.19. The van der Waals surface area contributed by atoms with Crippen LogP contribution in [0.15, 0.2) is 23.2 Å². The van der Waals surface area contributed by atoms with E-state index in [9.17, 15) is 0 Å². The van der Waals surface area contributed by atoms with Gasteiger partial charge < -0.3 is 15.4 Å². The van der Waals surface area contributed by atoms with Crippen molar-refractivity contribution in [3.05, 3.63) is 23.9 Å². The Kier molecular flexibility index (Phi) is 3.46. The monoisotopic (exact) mass is 234 g/mol. The molecule has 0 atom stereocenters. The summed E-state index contributed by atoms with van der Waals surface area (Å²) in [4.78, 5) is 10.6. The second-order valence-electron chi connectivity index (χ2n) is 4.19. The van der Waals surface area contributed by atoms with Gasteiger partial charge in [-0.15, -0.1) is 0 Å². The van der Waals surface area contributed by atoms with E-state index in [1.165, 1.54) is 12.8 Å². The first-order chi connectivity index (χ1) is 8.20. The van der Waals surface area contributed by atoms with Crippen LogP contribution in [0.2, 0.25) is 0 Å². The van der Waals surface area contributed by atoms with Crippen molar-refractivity contribution in [2.75, 3.05) is 14.2 Å². The SMILES string of the molecule is COc1cccc(CN=C(N)N(C)C2CC2)n1. The summed E-state index contributed by atoms with van der Waals surface area (Å²) in [6.45, 7) is 0.486. The van der Waals surface area contributed by atoms with E-state index in [0.29, 0.717) is 24.4 Å². The number of hydrogen-bond acceptors (Lipinski definition) is 3. The van der Waals surface area contributed by atoms with Gasteiger partial charge in [0, 0.05) is 19.2 Å². The number of rotatable bonds is 4. The van der Waals surface area contributed by atoms with Crippen LogP contribution in [0.4, 0.5) is 0 Å². The molecule has 0 aliphatic heterocycles. The minimum absolute atomic E-state index is 0.486. The Balaban J connectivity index is 1.97. The van der Waals surface area contributed by atoms with E-state index in [-0.39, 0.29) is 0 Å². The lowest BCUT2D eigenvalue weighted by molar-refractivity contribution is 0.396. The number of nitrogens with two attached hydrogens (primary N) is 1. The third kappa shape index (κ3) is 3.09. The van der Waals surface area contributed by atoms with E-state index in [1.807, 2.05) is 30.1 Å². The molecule has 1 saturated carbocycles. The van der Waals surface area contributed by atoms with E-state index in [4.69, 9.17) is 10.5 Å². The summed E-state index contributed by atoms with van der Waals surface area (Å²) in [7, 11) is 3.58. The zero-order valence-corrected chi connectivity index (χ0v) is 10.3. The van der Waals surface area contributed by atoms with Crippen LogP contribution in [0.1, 0.15) is 18.5 Å². The molecular formula is C12H18N4O. The summed E-state index contributed by atoms with van der Waals surface area (Å²) in [5, 5.41) is 0. The largest absolute Gasteiger partial charge is 0.481 e. The Morgan fingerprint density at radius 2 is 2.35 bits per heavy atom. The van der Waals surface area contributed by atoms with E-state index in [1.54, 1.807) is 7.11 Å². The number of aromatic nitrogens is 1. The highest BCUT2D eigenvalue weighted by Gasteiger charge is 2.27. The maximum atomic E-state index is 5.89. The number of pyridine rings is 1. The summed E-state index contributed by atoms with van der Waals surface area (Å²) < 4.78 is 5.06. The van der Waals surface area contributed by atoms with Crippen molar-refractivity contribution in [1.82, 2.24) is 9.88 Å². The van der Waals surface area contributed by atoms with Gasteiger partial charge in [0.15, 0.2) is 5.96 Å². The van der Waals surface area contributed by atoms with Crippen LogP contribution in [0.5, 0.6) is 5.88 Å². The number of hydrogen-bond donors (Lipinski definition) is 1. The van der Waals surface area contributed by atoms with Gasteiger partial charge >= 0.3 is 0 Å². The number of nitrogens with zero attached hydrogens (tertiary/aromatic N) is 3. The van der Waals surface area contributed by atoms with Gasteiger partial charge in [-0.05, 0) is 18.9 Å². The molecule has 92 valence electrons. The van der Waals surface area contributed by atoms with E-state index in [2.05, 4.69) is 9.98 Å². The summed E-state index contributed by atoms with van der Waals surface area (Å²) >= 11 is 0. The Morgan fingerprint density at radius 3 is 3.00 bits per heavy atom. The zero-order valence-electron chi connectivity index (χ0n) is 10.3. The van der Waals surface area contributed by atoms with Crippen molar-refractivity contribution in [3.63, 3.8) is 0 Å². The van der Waals surface area contributed by atoms with E-state index >= 15 is 0 Å². The number of ether oxygens (including phenoxy) is 1. The van der Waals surface area contributed by atoms with Crippen LogP contribution in [0.25, 0.3) is 0 Å². The fourth-order valence-electron chi connectivity index (χ4n) is 1.58. The highest BCUT2D eigenvalue weighted by molar-refractivity contribution is 5.78. The lowest BCUT2D eigenvalue weighted by Gasteiger charge is -2.16. The van der Waals surface area contributed by atoms with Crippen LogP contribution >= 0.6 is 0 Å². The molecule has 0 radical (unpaired) electrons. The van der Waals surface area contributed by atoms with Gasteiger partial charge in [0.2, 0.25) is 5.88 Å². The van der Waals surface area contributed by atoms with Gasteiger partial charge in [0.1, 0.15) is 0 Å². The predicted molar refractivity (Wildman–Crippen MR) is 66.9 cm³/mol. The molecule has 0 amide bonds. The molecule has 1 heterocycles. The molecule has 0 bridgehead atoms. The van der Waals surface area contributed by atoms with Gasteiger partial charge in [-0.2, -0.15) is 0 Å². The Morgan fingerprint density at radius 1 is 1.59 bits per heavy atom.